The average molecular weight is 433 g/mol. The molecule has 2 aromatic rings. The van der Waals surface area contributed by atoms with Crippen LogP contribution in [0.25, 0.3) is 0 Å². The molecule has 0 aliphatic rings. The fourth-order valence-corrected chi connectivity index (χ4v) is 3.91. The van der Waals surface area contributed by atoms with E-state index in [2.05, 4.69) is 11.3 Å². The van der Waals surface area contributed by atoms with Crippen molar-refractivity contribution in [1.29, 1.82) is 0 Å². The minimum atomic E-state index is -4.22. The molecule has 2 unspecified atom stereocenters. The number of rotatable bonds is 11. The van der Waals surface area contributed by atoms with Gasteiger partial charge < -0.3 is 14.6 Å². The highest BCUT2D eigenvalue weighted by Crippen LogP contribution is 2.19. The van der Waals surface area contributed by atoms with Crippen molar-refractivity contribution in [3.63, 3.8) is 0 Å². The maximum absolute atomic E-state index is 12.7. The Morgan fingerprint density at radius 3 is 2.30 bits per heavy atom. The Morgan fingerprint density at radius 2 is 1.77 bits per heavy atom. The molecule has 2 aromatic carbocycles. The Balaban J connectivity index is 2.21. The van der Waals surface area contributed by atoms with E-state index in [1.807, 2.05) is 0 Å². The summed E-state index contributed by atoms with van der Waals surface area (Å²) in [5.41, 5.74) is 0.717. The first-order valence-corrected chi connectivity index (χ1v) is 10.5. The molecule has 160 valence electrons. The lowest BCUT2D eigenvalue weighted by Crippen LogP contribution is -2.48. The number of carbonyl (C=O) groups is 2. The van der Waals surface area contributed by atoms with Crippen LogP contribution in [0.4, 0.5) is 0 Å². The van der Waals surface area contributed by atoms with Crippen molar-refractivity contribution in [3.8, 4) is 5.75 Å². The maximum atomic E-state index is 12.7. The van der Waals surface area contributed by atoms with Gasteiger partial charge in [0.1, 0.15) is 18.4 Å². The Kier molecular flexibility index (Phi) is 8.14. The van der Waals surface area contributed by atoms with E-state index in [1.165, 1.54) is 37.5 Å². The smallest absolute Gasteiger partial charge is 0.322 e. The number of allylic oxidation sites excluding steroid dienone is 1. The van der Waals surface area contributed by atoms with Crippen molar-refractivity contribution in [3.05, 3.63) is 72.8 Å². The van der Waals surface area contributed by atoms with Gasteiger partial charge >= 0.3 is 11.9 Å². The second-order valence-corrected chi connectivity index (χ2v) is 8.05. The van der Waals surface area contributed by atoms with Crippen molar-refractivity contribution in [1.82, 2.24) is 4.72 Å². The van der Waals surface area contributed by atoms with Crippen LogP contribution in [-0.4, -0.2) is 38.6 Å². The minimum Gasteiger partial charge on any atom is -0.497 e. The maximum Gasteiger partial charge on any atom is 0.322 e. The van der Waals surface area contributed by atoms with E-state index in [4.69, 9.17) is 9.47 Å². The topological polar surface area (TPSA) is 119 Å². The predicted molar refractivity (Wildman–Crippen MR) is 109 cm³/mol. The van der Waals surface area contributed by atoms with Gasteiger partial charge in [0.25, 0.3) is 0 Å². The molecular weight excluding hydrogens is 410 g/mol. The van der Waals surface area contributed by atoms with E-state index in [0.29, 0.717) is 11.3 Å². The van der Waals surface area contributed by atoms with E-state index in [-0.39, 0.29) is 17.9 Å². The van der Waals surface area contributed by atoms with Crippen molar-refractivity contribution in [2.75, 3.05) is 7.11 Å². The summed E-state index contributed by atoms with van der Waals surface area (Å²) in [7, 11) is -2.79. The lowest BCUT2D eigenvalue weighted by Gasteiger charge is -2.22. The SMILES string of the molecule is C=CCC(C(=O)OCc1ccccc1)C(NS(=O)(=O)c1ccc(OC)cc1)C(=O)O. The van der Waals surface area contributed by atoms with Crippen LogP contribution in [0, 0.1) is 5.92 Å². The van der Waals surface area contributed by atoms with Gasteiger partial charge in [-0.15, -0.1) is 6.58 Å². The number of esters is 1. The second kappa shape index (κ2) is 10.6. The lowest BCUT2D eigenvalue weighted by atomic mass is 9.97. The third kappa shape index (κ3) is 6.16. The zero-order valence-corrected chi connectivity index (χ0v) is 17.2. The van der Waals surface area contributed by atoms with Gasteiger partial charge in [-0.1, -0.05) is 36.4 Å². The third-order valence-corrected chi connectivity index (χ3v) is 5.72. The van der Waals surface area contributed by atoms with Crippen LogP contribution in [0.15, 0.2) is 72.1 Å². The molecule has 30 heavy (non-hydrogen) atoms. The van der Waals surface area contributed by atoms with Gasteiger partial charge in [0.2, 0.25) is 10.0 Å². The first-order chi connectivity index (χ1) is 14.3. The van der Waals surface area contributed by atoms with Gasteiger partial charge in [-0.25, -0.2) is 8.42 Å². The average Bonchev–Trinajstić information content (AvgIpc) is 2.75. The number of carboxylic acids is 1. The normalized spacial score (nSPS) is 13.1. The quantitative estimate of drug-likeness (QED) is 0.412. The van der Waals surface area contributed by atoms with E-state index >= 15 is 0 Å². The fourth-order valence-electron chi connectivity index (χ4n) is 2.68. The van der Waals surface area contributed by atoms with Gasteiger partial charge in [0, 0.05) is 0 Å². The first kappa shape index (κ1) is 23.1. The summed E-state index contributed by atoms with van der Waals surface area (Å²) in [6.45, 7) is 3.46. The van der Waals surface area contributed by atoms with Crippen molar-refractivity contribution >= 4 is 22.0 Å². The Bertz CT molecular complexity index is 972. The molecule has 0 saturated heterocycles. The summed E-state index contributed by atoms with van der Waals surface area (Å²) in [4.78, 5) is 24.2. The molecule has 2 N–H and O–H groups in total. The molecule has 0 fully saturated rings. The van der Waals surface area contributed by atoms with Crippen LogP contribution in [0.2, 0.25) is 0 Å². The van der Waals surface area contributed by atoms with E-state index in [9.17, 15) is 23.1 Å². The number of aliphatic carboxylic acids is 1. The number of carboxylic acid groups (broad SMARTS) is 1. The van der Waals surface area contributed by atoms with Gasteiger partial charge in [-0.2, -0.15) is 4.72 Å². The van der Waals surface area contributed by atoms with Gasteiger partial charge in [0.05, 0.1) is 17.9 Å². The number of hydrogen-bond acceptors (Lipinski definition) is 6. The Hall–Kier alpha value is -3.17. The number of benzene rings is 2. The molecule has 2 atom stereocenters. The largest absolute Gasteiger partial charge is 0.497 e. The summed E-state index contributed by atoms with van der Waals surface area (Å²) in [6, 6.07) is 12.5. The monoisotopic (exact) mass is 433 g/mol. The first-order valence-electron chi connectivity index (χ1n) is 8.99. The molecule has 2 rings (SSSR count). The van der Waals surface area contributed by atoms with E-state index in [0.717, 1.165) is 0 Å². The summed E-state index contributed by atoms with van der Waals surface area (Å²) in [5.74, 6) is -3.20. The molecule has 0 spiro atoms. The van der Waals surface area contributed by atoms with Crippen molar-refractivity contribution < 1.29 is 32.6 Å². The van der Waals surface area contributed by atoms with Gasteiger partial charge in [0.15, 0.2) is 0 Å². The third-order valence-electron chi connectivity index (χ3n) is 4.27. The molecule has 0 aromatic heterocycles. The van der Waals surface area contributed by atoms with Crippen LogP contribution in [-0.2, 0) is 31.0 Å². The number of nitrogens with one attached hydrogen (secondary N) is 1. The summed E-state index contributed by atoms with van der Waals surface area (Å²) >= 11 is 0. The molecule has 0 aliphatic heterocycles. The zero-order valence-electron chi connectivity index (χ0n) is 16.4. The molecule has 0 aliphatic carbocycles. The number of sulfonamides is 1. The molecule has 8 nitrogen and oxygen atoms in total. The number of methoxy groups -OCH3 is 1. The predicted octanol–water partition coefficient (Wildman–Crippen LogP) is 2.36. The van der Waals surface area contributed by atoms with E-state index < -0.39 is 33.9 Å². The van der Waals surface area contributed by atoms with Gasteiger partial charge in [-0.3, -0.25) is 9.59 Å². The Labute approximate surface area is 175 Å². The minimum absolute atomic E-state index is 0.0646. The molecule has 9 heteroatoms. The molecule has 0 bridgehead atoms. The zero-order chi connectivity index (χ0) is 22.1. The molecule has 0 amide bonds. The molecule has 0 heterocycles. The van der Waals surface area contributed by atoms with Crippen molar-refractivity contribution in [2.45, 2.75) is 24.0 Å². The standard InChI is InChI=1S/C21H23NO7S/c1-3-7-18(21(25)29-14-15-8-5-4-6-9-15)19(20(23)24)22-30(26,27)17-12-10-16(28-2)11-13-17/h3-6,8-13,18-19,22H,1,7,14H2,2H3,(H,23,24). The summed E-state index contributed by atoms with van der Waals surface area (Å²) in [5, 5.41) is 9.61. The number of hydrogen-bond donors (Lipinski definition) is 2. The van der Waals surface area contributed by atoms with Gasteiger partial charge in [-0.05, 0) is 36.2 Å². The molecule has 0 saturated carbocycles. The second-order valence-electron chi connectivity index (χ2n) is 6.34. The van der Waals surface area contributed by atoms with Crippen LogP contribution < -0.4 is 9.46 Å². The molecule has 0 radical (unpaired) electrons. The summed E-state index contributed by atoms with van der Waals surface area (Å²) < 4.78 is 37.6. The summed E-state index contributed by atoms with van der Waals surface area (Å²) in [6.07, 6.45) is 1.25. The van der Waals surface area contributed by atoms with E-state index in [1.54, 1.807) is 30.3 Å². The highest BCUT2D eigenvalue weighted by molar-refractivity contribution is 7.89. The highest BCUT2D eigenvalue weighted by Gasteiger charge is 2.37. The number of carbonyl (C=O) groups excluding carboxylic acids is 1. The van der Waals surface area contributed by atoms with Crippen molar-refractivity contribution in [2.24, 2.45) is 5.92 Å². The molecular formula is C21H23NO7S. The number of ether oxygens (including phenoxy) is 2. The Morgan fingerprint density at radius 1 is 1.13 bits per heavy atom. The fraction of sp³-hybridized carbons (Fsp3) is 0.238. The highest BCUT2D eigenvalue weighted by atomic mass is 32.2. The lowest BCUT2D eigenvalue weighted by molar-refractivity contribution is -0.155. The van der Waals surface area contributed by atoms with Crippen LogP contribution in [0.3, 0.4) is 0 Å². The van der Waals surface area contributed by atoms with Crippen LogP contribution >= 0.6 is 0 Å². The van der Waals surface area contributed by atoms with Crippen LogP contribution in [0.1, 0.15) is 12.0 Å². The van der Waals surface area contributed by atoms with Crippen LogP contribution in [0.5, 0.6) is 5.75 Å².